The summed E-state index contributed by atoms with van der Waals surface area (Å²) in [7, 11) is 3.43. The van der Waals surface area contributed by atoms with Crippen molar-refractivity contribution in [2.45, 2.75) is 46.2 Å². The Balaban J connectivity index is 1.80. The van der Waals surface area contributed by atoms with Gasteiger partial charge in [0, 0.05) is 18.7 Å². The molecule has 0 bridgehead atoms. The molecule has 2 aromatic rings. The molecule has 0 aliphatic heterocycles. The largest absolute Gasteiger partial charge is 0.497 e. The molecule has 0 spiro atoms. The quantitative estimate of drug-likeness (QED) is 0.834. The van der Waals surface area contributed by atoms with Gasteiger partial charge in [-0.05, 0) is 51.3 Å². The van der Waals surface area contributed by atoms with Crippen LogP contribution in [0.5, 0.6) is 5.75 Å². The van der Waals surface area contributed by atoms with E-state index in [1.54, 1.807) is 19.1 Å². The van der Waals surface area contributed by atoms with E-state index >= 15 is 0 Å². The Kier molecular flexibility index (Phi) is 6.44. The van der Waals surface area contributed by atoms with E-state index in [1.807, 2.05) is 32.9 Å². The Labute approximate surface area is 149 Å². The molecule has 1 aromatic carbocycles. The molecule has 6 nitrogen and oxygen atoms in total. The third kappa shape index (κ3) is 5.24. The predicted molar refractivity (Wildman–Crippen MR) is 96.8 cm³/mol. The fourth-order valence-electron chi connectivity index (χ4n) is 2.61. The predicted octanol–water partition coefficient (Wildman–Crippen LogP) is 3.46. The van der Waals surface area contributed by atoms with Crippen molar-refractivity contribution in [1.29, 1.82) is 0 Å². The Bertz CT molecular complexity index is 675. The number of aromatic nitrogens is 1. The number of urea groups is 1. The molecule has 136 valence electrons. The van der Waals surface area contributed by atoms with E-state index < -0.39 is 0 Å². The zero-order chi connectivity index (χ0) is 18.4. The fourth-order valence-corrected chi connectivity index (χ4v) is 2.61. The molecule has 1 atom stereocenters. The summed E-state index contributed by atoms with van der Waals surface area (Å²) in [5.74, 6) is 1.61. The monoisotopic (exact) mass is 345 g/mol. The third-order valence-electron chi connectivity index (χ3n) is 4.32. The molecule has 6 heteroatoms. The van der Waals surface area contributed by atoms with Gasteiger partial charge in [-0.3, -0.25) is 0 Å². The van der Waals surface area contributed by atoms with E-state index in [1.165, 1.54) is 5.56 Å². The van der Waals surface area contributed by atoms with Crippen LogP contribution in [0.25, 0.3) is 0 Å². The molecular weight excluding hydrogens is 318 g/mol. The van der Waals surface area contributed by atoms with E-state index in [4.69, 9.17) is 9.26 Å². The third-order valence-corrected chi connectivity index (χ3v) is 4.32. The van der Waals surface area contributed by atoms with E-state index in [2.05, 4.69) is 22.6 Å². The van der Waals surface area contributed by atoms with Crippen molar-refractivity contribution in [3.05, 3.63) is 46.8 Å². The summed E-state index contributed by atoms with van der Waals surface area (Å²) in [6.45, 7) is 6.25. The average molecular weight is 345 g/mol. The molecule has 1 N–H and O–H groups in total. The van der Waals surface area contributed by atoms with Crippen LogP contribution in [0.4, 0.5) is 4.79 Å². The number of ether oxygens (including phenoxy) is 1. The number of nitrogens with one attached hydrogen (secondary N) is 1. The number of carbonyl (C=O) groups excluding carboxylic acids is 1. The van der Waals surface area contributed by atoms with Crippen LogP contribution in [0, 0.1) is 13.8 Å². The van der Waals surface area contributed by atoms with Gasteiger partial charge in [0.1, 0.15) is 11.5 Å². The lowest BCUT2D eigenvalue weighted by Gasteiger charge is -2.21. The van der Waals surface area contributed by atoms with Crippen LogP contribution >= 0.6 is 0 Å². The first-order valence-corrected chi connectivity index (χ1v) is 8.47. The van der Waals surface area contributed by atoms with Gasteiger partial charge in [-0.15, -0.1) is 0 Å². The average Bonchev–Trinajstić information content (AvgIpc) is 2.92. The number of methoxy groups -OCH3 is 1. The second kappa shape index (κ2) is 8.55. The topological polar surface area (TPSA) is 67.6 Å². The minimum Gasteiger partial charge on any atom is -0.497 e. The highest BCUT2D eigenvalue weighted by atomic mass is 16.5. The zero-order valence-corrected chi connectivity index (χ0v) is 15.6. The minimum atomic E-state index is -0.0952. The molecule has 0 saturated carbocycles. The van der Waals surface area contributed by atoms with Crippen molar-refractivity contribution in [3.8, 4) is 5.75 Å². The first-order chi connectivity index (χ1) is 11.9. The van der Waals surface area contributed by atoms with Gasteiger partial charge in [0.15, 0.2) is 0 Å². The Morgan fingerprint density at radius 3 is 2.56 bits per heavy atom. The summed E-state index contributed by atoms with van der Waals surface area (Å²) in [5, 5.41) is 6.96. The molecule has 2 rings (SSSR count). The number of amides is 2. The summed E-state index contributed by atoms with van der Waals surface area (Å²) in [6, 6.07) is 8.00. The van der Waals surface area contributed by atoms with Gasteiger partial charge >= 0.3 is 6.03 Å². The Hall–Kier alpha value is -2.50. The maximum absolute atomic E-state index is 12.3. The van der Waals surface area contributed by atoms with Crippen LogP contribution in [0.3, 0.4) is 0 Å². The van der Waals surface area contributed by atoms with Gasteiger partial charge in [-0.25, -0.2) is 4.79 Å². The van der Waals surface area contributed by atoms with E-state index in [0.29, 0.717) is 6.54 Å². The molecule has 2 amide bonds. The maximum atomic E-state index is 12.3. The van der Waals surface area contributed by atoms with Gasteiger partial charge < -0.3 is 19.5 Å². The van der Waals surface area contributed by atoms with E-state index in [0.717, 1.165) is 35.6 Å². The van der Waals surface area contributed by atoms with Crippen molar-refractivity contribution in [2.24, 2.45) is 0 Å². The molecule has 0 saturated heterocycles. The highest BCUT2D eigenvalue weighted by Gasteiger charge is 2.16. The zero-order valence-electron chi connectivity index (χ0n) is 15.6. The van der Waals surface area contributed by atoms with Crippen LogP contribution in [-0.2, 0) is 13.0 Å². The second-order valence-electron chi connectivity index (χ2n) is 6.40. The SMILES string of the molecule is COc1ccc(CCC(C)NC(=O)N(C)Cc2c(C)noc2C)cc1. The molecule has 0 fully saturated rings. The first-order valence-electron chi connectivity index (χ1n) is 8.47. The molecule has 1 unspecified atom stereocenters. The minimum absolute atomic E-state index is 0.0849. The molecule has 0 aliphatic carbocycles. The summed E-state index contributed by atoms with van der Waals surface area (Å²) in [5.41, 5.74) is 3.01. The lowest BCUT2D eigenvalue weighted by atomic mass is 10.1. The highest BCUT2D eigenvalue weighted by molar-refractivity contribution is 5.74. The number of hydrogen-bond acceptors (Lipinski definition) is 4. The summed E-state index contributed by atoms with van der Waals surface area (Å²) < 4.78 is 10.3. The van der Waals surface area contributed by atoms with Gasteiger partial charge in [-0.2, -0.15) is 0 Å². The molecule has 1 aromatic heterocycles. The van der Waals surface area contributed by atoms with Crippen molar-refractivity contribution in [1.82, 2.24) is 15.4 Å². The van der Waals surface area contributed by atoms with Crippen molar-refractivity contribution < 1.29 is 14.1 Å². The number of hydrogen-bond donors (Lipinski definition) is 1. The van der Waals surface area contributed by atoms with E-state index in [-0.39, 0.29) is 12.1 Å². The number of aryl methyl sites for hydroxylation is 3. The maximum Gasteiger partial charge on any atom is 0.317 e. The van der Waals surface area contributed by atoms with Gasteiger partial charge in [0.25, 0.3) is 0 Å². The Morgan fingerprint density at radius 2 is 2.00 bits per heavy atom. The van der Waals surface area contributed by atoms with Gasteiger partial charge in [-0.1, -0.05) is 17.3 Å². The fraction of sp³-hybridized carbons (Fsp3) is 0.474. The second-order valence-corrected chi connectivity index (χ2v) is 6.40. The van der Waals surface area contributed by atoms with Crippen molar-refractivity contribution in [2.75, 3.05) is 14.2 Å². The van der Waals surface area contributed by atoms with Crippen LogP contribution in [0.1, 0.15) is 35.9 Å². The first kappa shape index (κ1) is 18.8. The van der Waals surface area contributed by atoms with E-state index in [9.17, 15) is 4.79 Å². The van der Waals surface area contributed by atoms with Crippen molar-refractivity contribution in [3.63, 3.8) is 0 Å². The lowest BCUT2D eigenvalue weighted by molar-refractivity contribution is 0.202. The Morgan fingerprint density at radius 1 is 1.32 bits per heavy atom. The number of benzene rings is 1. The summed E-state index contributed by atoms with van der Waals surface area (Å²) in [6.07, 6.45) is 1.77. The van der Waals surface area contributed by atoms with Crippen LogP contribution in [0.2, 0.25) is 0 Å². The molecule has 0 aliphatic rings. The van der Waals surface area contributed by atoms with Crippen LogP contribution in [0.15, 0.2) is 28.8 Å². The van der Waals surface area contributed by atoms with Gasteiger partial charge in [0.05, 0.1) is 19.3 Å². The lowest BCUT2D eigenvalue weighted by Crippen LogP contribution is -2.41. The van der Waals surface area contributed by atoms with Crippen molar-refractivity contribution >= 4 is 6.03 Å². The summed E-state index contributed by atoms with van der Waals surface area (Å²) in [4.78, 5) is 14.0. The van der Waals surface area contributed by atoms with Gasteiger partial charge in [0.2, 0.25) is 0 Å². The van der Waals surface area contributed by atoms with Crippen LogP contribution in [-0.4, -0.2) is 36.3 Å². The smallest absolute Gasteiger partial charge is 0.317 e. The summed E-state index contributed by atoms with van der Waals surface area (Å²) >= 11 is 0. The molecule has 0 radical (unpaired) electrons. The standard InChI is InChI=1S/C19H27N3O3/c1-13(6-7-16-8-10-17(24-5)11-9-16)20-19(23)22(4)12-18-14(2)21-25-15(18)3/h8-11,13H,6-7,12H2,1-5H3,(H,20,23). The number of carbonyl (C=O) groups is 1. The number of rotatable bonds is 7. The molecule has 1 heterocycles. The highest BCUT2D eigenvalue weighted by Crippen LogP contribution is 2.15. The molecule has 25 heavy (non-hydrogen) atoms. The number of nitrogens with zero attached hydrogens (tertiary/aromatic N) is 2. The molecular formula is C19H27N3O3. The normalized spacial score (nSPS) is 11.9. The van der Waals surface area contributed by atoms with Crippen LogP contribution < -0.4 is 10.1 Å².